The second-order valence-electron chi connectivity index (χ2n) is 4.01. The number of nitrogens with one attached hydrogen (secondary N) is 1. The summed E-state index contributed by atoms with van der Waals surface area (Å²) in [7, 11) is 0. The Balaban J connectivity index is 2.21. The van der Waals surface area contributed by atoms with Crippen LogP contribution in [0.1, 0.15) is 25.3 Å². The molecular formula is C12H16N2O. The van der Waals surface area contributed by atoms with E-state index in [9.17, 15) is 4.79 Å². The Morgan fingerprint density at radius 3 is 2.93 bits per heavy atom. The summed E-state index contributed by atoms with van der Waals surface area (Å²) in [4.78, 5) is 11.7. The highest BCUT2D eigenvalue weighted by atomic mass is 16.2. The van der Waals surface area contributed by atoms with Crippen LogP contribution in [0.3, 0.4) is 0 Å². The fourth-order valence-electron chi connectivity index (χ4n) is 1.82. The van der Waals surface area contributed by atoms with Gasteiger partial charge in [-0.25, -0.2) is 10.4 Å². The highest BCUT2D eigenvalue weighted by Gasteiger charge is 2.28. The van der Waals surface area contributed by atoms with Crippen molar-refractivity contribution < 1.29 is 4.79 Å². The van der Waals surface area contributed by atoms with Gasteiger partial charge in [0.25, 0.3) is 0 Å². The number of anilines is 1. The molecule has 1 aliphatic heterocycles. The summed E-state index contributed by atoms with van der Waals surface area (Å²) in [6.07, 6.45) is 1.58. The topological polar surface area (TPSA) is 32.3 Å². The molecule has 1 heterocycles. The Bertz CT molecular complexity index is 376. The molecule has 1 amide bonds. The van der Waals surface area contributed by atoms with Gasteiger partial charge in [-0.3, -0.25) is 4.79 Å². The molecule has 2 rings (SSSR count). The molecule has 1 aliphatic rings. The number of rotatable bonds is 2. The van der Waals surface area contributed by atoms with Gasteiger partial charge in [-0.15, -0.1) is 0 Å². The second-order valence-corrected chi connectivity index (χ2v) is 4.01. The van der Waals surface area contributed by atoms with Crippen LogP contribution < -0.4 is 10.4 Å². The van der Waals surface area contributed by atoms with Gasteiger partial charge in [0, 0.05) is 12.5 Å². The van der Waals surface area contributed by atoms with E-state index in [4.69, 9.17) is 0 Å². The van der Waals surface area contributed by atoms with Crippen molar-refractivity contribution in [3.8, 4) is 0 Å². The summed E-state index contributed by atoms with van der Waals surface area (Å²) < 4.78 is 0. The van der Waals surface area contributed by atoms with Gasteiger partial charge in [-0.2, -0.15) is 0 Å². The van der Waals surface area contributed by atoms with Gasteiger partial charge in [-0.1, -0.05) is 19.1 Å². The van der Waals surface area contributed by atoms with Crippen LogP contribution in [0.2, 0.25) is 0 Å². The molecule has 80 valence electrons. The first-order chi connectivity index (χ1) is 7.20. The van der Waals surface area contributed by atoms with E-state index in [2.05, 4.69) is 12.3 Å². The van der Waals surface area contributed by atoms with Crippen LogP contribution in [0.15, 0.2) is 24.3 Å². The van der Waals surface area contributed by atoms with Gasteiger partial charge < -0.3 is 0 Å². The molecule has 0 aliphatic carbocycles. The van der Waals surface area contributed by atoms with Gasteiger partial charge in [0.2, 0.25) is 5.91 Å². The molecule has 1 aromatic rings. The van der Waals surface area contributed by atoms with E-state index >= 15 is 0 Å². The van der Waals surface area contributed by atoms with Crippen LogP contribution in [-0.4, -0.2) is 11.9 Å². The molecule has 3 heteroatoms. The Hall–Kier alpha value is -1.35. The molecule has 1 unspecified atom stereocenters. The average Bonchev–Trinajstić information content (AvgIpc) is 2.60. The van der Waals surface area contributed by atoms with Crippen LogP contribution in [0.4, 0.5) is 5.69 Å². The summed E-state index contributed by atoms with van der Waals surface area (Å²) in [5, 5.41) is 1.67. The minimum atomic E-state index is 0.160. The number of hydrogen-bond donors (Lipinski definition) is 1. The molecule has 15 heavy (non-hydrogen) atoms. The number of aryl methyl sites for hydroxylation is 1. The molecule has 1 fully saturated rings. The van der Waals surface area contributed by atoms with Crippen molar-refractivity contribution in [2.24, 2.45) is 0 Å². The van der Waals surface area contributed by atoms with E-state index in [0.717, 1.165) is 12.1 Å². The molecule has 1 atom stereocenters. The standard InChI is InChI=1S/C12H16N2O/c1-3-10-8-12(15)14(13-10)11-6-4-5-9(2)7-11/h4-7,10,13H,3,8H2,1-2H3. The molecule has 0 spiro atoms. The van der Waals surface area contributed by atoms with E-state index in [1.54, 1.807) is 5.01 Å². The van der Waals surface area contributed by atoms with Crippen molar-refractivity contribution in [1.29, 1.82) is 0 Å². The quantitative estimate of drug-likeness (QED) is 0.799. The molecule has 0 aromatic heterocycles. The first-order valence-electron chi connectivity index (χ1n) is 5.36. The van der Waals surface area contributed by atoms with Crippen LogP contribution in [0.5, 0.6) is 0 Å². The fourth-order valence-corrected chi connectivity index (χ4v) is 1.82. The van der Waals surface area contributed by atoms with E-state index < -0.39 is 0 Å². The van der Waals surface area contributed by atoms with Crippen molar-refractivity contribution in [2.45, 2.75) is 32.7 Å². The predicted octanol–water partition coefficient (Wildman–Crippen LogP) is 2.01. The zero-order valence-corrected chi connectivity index (χ0v) is 9.16. The van der Waals surface area contributed by atoms with Crippen molar-refractivity contribution in [3.63, 3.8) is 0 Å². The summed E-state index contributed by atoms with van der Waals surface area (Å²) >= 11 is 0. The van der Waals surface area contributed by atoms with E-state index in [-0.39, 0.29) is 11.9 Å². The third-order valence-corrected chi connectivity index (χ3v) is 2.73. The molecular weight excluding hydrogens is 188 g/mol. The van der Waals surface area contributed by atoms with Crippen molar-refractivity contribution >= 4 is 11.6 Å². The van der Waals surface area contributed by atoms with E-state index in [1.807, 2.05) is 31.2 Å². The third kappa shape index (κ3) is 2.02. The van der Waals surface area contributed by atoms with Crippen molar-refractivity contribution in [2.75, 3.05) is 5.01 Å². The van der Waals surface area contributed by atoms with Crippen molar-refractivity contribution in [3.05, 3.63) is 29.8 Å². The predicted molar refractivity (Wildman–Crippen MR) is 60.5 cm³/mol. The highest BCUT2D eigenvalue weighted by molar-refractivity contribution is 5.94. The number of benzene rings is 1. The maximum atomic E-state index is 11.7. The Morgan fingerprint density at radius 1 is 1.53 bits per heavy atom. The average molecular weight is 204 g/mol. The van der Waals surface area contributed by atoms with Gasteiger partial charge in [0.05, 0.1) is 5.69 Å². The van der Waals surface area contributed by atoms with Crippen LogP contribution in [0, 0.1) is 6.92 Å². The molecule has 1 saturated heterocycles. The Labute approximate surface area is 90.1 Å². The monoisotopic (exact) mass is 204 g/mol. The minimum absolute atomic E-state index is 0.160. The van der Waals surface area contributed by atoms with Crippen molar-refractivity contribution in [1.82, 2.24) is 5.43 Å². The summed E-state index contributed by atoms with van der Waals surface area (Å²) in [5.74, 6) is 0.160. The zero-order chi connectivity index (χ0) is 10.8. The van der Waals surface area contributed by atoms with Gasteiger partial charge in [0.15, 0.2) is 0 Å². The second kappa shape index (κ2) is 4.03. The lowest BCUT2D eigenvalue weighted by Gasteiger charge is -2.17. The van der Waals surface area contributed by atoms with Crippen LogP contribution in [-0.2, 0) is 4.79 Å². The van der Waals surface area contributed by atoms with E-state index in [0.29, 0.717) is 6.42 Å². The number of nitrogens with zero attached hydrogens (tertiary/aromatic N) is 1. The SMILES string of the molecule is CCC1CC(=O)N(c2cccc(C)c2)N1. The normalized spacial score (nSPS) is 21.1. The molecule has 0 saturated carbocycles. The van der Waals surface area contributed by atoms with Gasteiger partial charge >= 0.3 is 0 Å². The molecule has 3 nitrogen and oxygen atoms in total. The summed E-state index contributed by atoms with van der Waals surface area (Å²) in [6, 6.07) is 8.26. The number of carbonyl (C=O) groups is 1. The van der Waals surface area contributed by atoms with Gasteiger partial charge in [0.1, 0.15) is 0 Å². The molecule has 1 aromatic carbocycles. The smallest absolute Gasteiger partial charge is 0.243 e. The minimum Gasteiger partial charge on any atom is -0.273 e. The molecule has 0 radical (unpaired) electrons. The maximum absolute atomic E-state index is 11.7. The number of hydrazine groups is 1. The zero-order valence-electron chi connectivity index (χ0n) is 9.16. The Kier molecular flexibility index (Phi) is 2.73. The number of hydrogen-bond acceptors (Lipinski definition) is 2. The first kappa shape index (κ1) is 10.2. The first-order valence-corrected chi connectivity index (χ1v) is 5.36. The third-order valence-electron chi connectivity index (χ3n) is 2.73. The fraction of sp³-hybridized carbons (Fsp3) is 0.417. The lowest BCUT2D eigenvalue weighted by atomic mass is 10.2. The summed E-state index contributed by atoms with van der Waals surface area (Å²) in [5.41, 5.74) is 5.33. The number of amides is 1. The van der Waals surface area contributed by atoms with E-state index in [1.165, 1.54) is 5.56 Å². The summed E-state index contributed by atoms with van der Waals surface area (Å²) in [6.45, 7) is 4.12. The highest BCUT2D eigenvalue weighted by Crippen LogP contribution is 2.20. The maximum Gasteiger partial charge on any atom is 0.243 e. The van der Waals surface area contributed by atoms with Crippen LogP contribution >= 0.6 is 0 Å². The van der Waals surface area contributed by atoms with Crippen LogP contribution in [0.25, 0.3) is 0 Å². The lowest BCUT2D eigenvalue weighted by Crippen LogP contribution is -2.37. The molecule has 1 N–H and O–H groups in total. The van der Waals surface area contributed by atoms with Gasteiger partial charge in [-0.05, 0) is 31.0 Å². The molecule has 0 bridgehead atoms. The lowest BCUT2D eigenvalue weighted by molar-refractivity contribution is -0.117. The number of carbonyl (C=O) groups excluding carboxylic acids is 1. The Morgan fingerprint density at radius 2 is 2.33 bits per heavy atom. The largest absolute Gasteiger partial charge is 0.273 e.